The van der Waals surface area contributed by atoms with Crippen LogP contribution in [0.2, 0.25) is 0 Å². The van der Waals surface area contributed by atoms with E-state index in [1.807, 2.05) is 29.1 Å². The average Bonchev–Trinajstić information content (AvgIpc) is 3.17. The molecule has 0 saturated carbocycles. The summed E-state index contributed by atoms with van der Waals surface area (Å²) in [6, 6.07) is 10.2. The summed E-state index contributed by atoms with van der Waals surface area (Å²) in [4.78, 5) is 8.63. The van der Waals surface area contributed by atoms with Crippen LogP contribution in [0.25, 0.3) is 22.5 Å². The molecule has 1 aliphatic heterocycles. The first-order valence-electron chi connectivity index (χ1n) is 8.94. The first-order valence-corrected chi connectivity index (χ1v) is 8.94. The van der Waals surface area contributed by atoms with E-state index in [1.54, 1.807) is 19.5 Å². The van der Waals surface area contributed by atoms with Gasteiger partial charge in [-0.1, -0.05) is 18.2 Å². The Morgan fingerprint density at radius 1 is 1.15 bits per heavy atom. The predicted octanol–water partition coefficient (Wildman–Crippen LogP) is 3.58. The van der Waals surface area contributed by atoms with E-state index in [0.717, 1.165) is 42.1 Å². The molecule has 1 unspecified atom stereocenters. The topological polar surface area (TPSA) is 62.1 Å². The first-order chi connectivity index (χ1) is 12.8. The number of hydrogen-bond donors (Lipinski definition) is 0. The molecule has 1 atom stereocenters. The van der Waals surface area contributed by atoms with Gasteiger partial charge in [0.05, 0.1) is 25.5 Å². The molecule has 1 saturated heterocycles. The summed E-state index contributed by atoms with van der Waals surface area (Å²) in [6.07, 6.45) is 9.09. The second kappa shape index (κ2) is 7.66. The van der Waals surface area contributed by atoms with Gasteiger partial charge in [0.25, 0.3) is 0 Å². The Labute approximate surface area is 152 Å². The molecule has 0 radical (unpaired) electrons. The second-order valence-electron chi connectivity index (χ2n) is 6.41. The fraction of sp³-hybridized carbons (Fsp3) is 0.350. The normalized spacial score (nSPS) is 17.2. The van der Waals surface area contributed by atoms with E-state index in [9.17, 15) is 0 Å². The fourth-order valence-electron chi connectivity index (χ4n) is 3.28. The van der Waals surface area contributed by atoms with Gasteiger partial charge in [-0.3, -0.25) is 4.68 Å². The van der Waals surface area contributed by atoms with Gasteiger partial charge in [0.2, 0.25) is 5.88 Å². The highest BCUT2D eigenvalue weighted by Gasteiger charge is 2.15. The highest BCUT2D eigenvalue weighted by molar-refractivity contribution is 5.71. The molecular formula is C20H22N4O2. The van der Waals surface area contributed by atoms with E-state index in [0.29, 0.717) is 5.88 Å². The molecule has 0 N–H and O–H groups in total. The molecule has 4 rings (SSSR count). The summed E-state index contributed by atoms with van der Waals surface area (Å²) in [6.45, 7) is 1.67. The van der Waals surface area contributed by atoms with Crippen LogP contribution in [0.5, 0.6) is 5.88 Å². The van der Waals surface area contributed by atoms with Crippen molar-refractivity contribution < 1.29 is 9.47 Å². The Balaban J connectivity index is 1.57. The molecule has 26 heavy (non-hydrogen) atoms. The van der Waals surface area contributed by atoms with E-state index in [1.165, 1.54) is 12.8 Å². The summed E-state index contributed by atoms with van der Waals surface area (Å²) in [5.74, 6) is 0.518. The Morgan fingerprint density at radius 2 is 2.04 bits per heavy atom. The Kier molecular flexibility index (Phi) is 4.93. The average molecular weight is 350 g/mol. The number of hydrogen-bond acceptors (Lipinski definition) is 5. The minimum Gasteiger partial charge on any atom is -0.479 e. The van der Waals surface area contributed by atoms with Crippen LogP contribution in [0.4, 0.5) is 0 Å². The van der Waals surface area contributed by atoms with Gasteiger partial charge in [-0.2, -0.15) is 5.10 Å². The molecule has 3 aromatic rings. The van der Waals surface area contributed by atoms with Crippen molar-refractivity contribution in [3.63, 3.8) is 0 Å². The van der Waals surface area contributed by atoms with Crippen molar-refractivity contribution in [2.75, 3.05) is 13.7 Å². The minimum absolute atomic E-state index is 0.270. The van der Waals surface area contributed by atoms with Gasteiger partial charge in [0, 0.05) is 36.3 Å². The van der Waals surface area contributed by atoms with Crippen molar-refractivity contribution in [1.82, 2.24) is 19.7 Å². The maximum Gasteiger partial charge on any atom is 0.240 e. The van der Waals surface area contributed by atoms with Crippen molar-refractivity contribution in [3.8, 4) is 28.4 Å². The van der Waals surface area contributed by atoms with Crippen molar-refractivity contribution in [1.29, 1.82) is 0 Å². The Hall–Kier alpha value is -2.73. The highest BCUT2D eigenvalue weighted by Crippen LogP contribution is 2.28. The summed E-state index contributed by atoms with van der Waals surface area (Å²) in [5, 5.41) is 4.72. The zero-order valence-corrected chi connectivity index (χ0v) is 14.8. The lowest BCUT2D eigenvalue weighted by Crippen LogP contribution is -2.24. The maximum absolute atomic E-state index is 5.81. The summed E-state index contributed by atoms with van der Waals surface area (Å²) >= 11 is 0. The van der Waals surface area contributed by atoms with Gasteiger partial charge in [0.15, 0.2) is 0 Å². The molecule has 1 fully saturated rings. The zero-order chi connectivity index (χ0) is 17.8. The number of methoxy groups -OCH3 is 1. The maximum atomic E-state index is 5.81. The van der Waals surface area contributed by atoms with Crippen LogP contribution in [0, 0.1) is 0 Å². The quantitative estimate of drug-likeness (QED) is 0.704. The largest absolute Gasteiger partial charge is 0.479 e. The second-order valence-corrected chi connectivity index (χ2v) is 6.41. The van der Waals surface area contributed by atoms with Gasteiger partial charge in [-0.05, 0) is 31.4 Å². The lowest BCUT2D eigenvalue weighted by Gasteiger charge is -2.22. The van der Waals surface area contributed by atoms with Crippen LogP contribution in [-0.4, -0.2) is 39.6 Å². The van der Waals surface area contributed by atoms with Gasteiger partial charge < -0.3 is 9.47 Å². The molecule has 0 spiro atoms. The third-order valence-corrected chi connectivity index (χ3v) is 4.60. The minimum atomic E-state index is 0.270. The number of ether oxygens (including phenoxy) is 2. The standard InChI is InChI=1S/C20H22N4O2/c1-25-20-19(21-9-10-22-20)16-6-4-5-15(13-16)18-8-11-24(23-18)14-17-7-2-3-12-26-17/h4-6,8-11,13,17H,2-3,7,12,14H2,1H3. The Morgan fingerprint density at radius 3 is 2.88 bits per heavy atom. The van der Waals surface area contributed by atoms with Crippen LogP contribution in [0.3, 0.4) is 0 Å². The lowest BCUT2D eigenvalue weighted by atomic mass is 10.1. The summed E-state index contributed by atoms with van der Waals surface area (Å²) in [7, 11) is 1.60. The molecule has 6 nitrogen and oxygen atoms in total. The summed E-state index contributed by atoms with van der Waals surface area (Å²) in [5.41, 5.74) is 3.66. The Bertz CT molecular complexity index is 872. The van der Waals surface area contributed by atoms with Crippen LogP contribution >= 0.6 is 0 Å². The van der Waals surface area contributed by atoms with Crippen LogP contribution < -0.4 is 4.74 Å². The smallest absolute Gasteiger partial charge is 0.240 e. The number of aromatic nitrogens is 4. The van der Waals surface area contributed by atoms with E-state index >= 15 is 0 Å². The van der Waals surface area contributed by atoms with Crippen molar-refractivity contribution in [2.45, 2.75) is 31.9 Å². The van der Waals surface area contributed by atoms with E-state index < -0.39 is 0 Å². The van der Waals surface area contributed by atoms with Crippen LogP contribution in [0.15, 0.2) is 48.9 Å². The monoisotopic (exact) mass is 350 g/mol. The van der Waals surface area contributed by atoms with Crippen molar-refractivity contribution in [2.24, 2.45) is 0 Å². The first kappa shape index (κ1) is 16.7. The van der Waals surface area contributed by atoms with Gasteiger partial charge in [-0.15, -0.1) is 0 Å². The van der Waals surface area contributed by atoms with Gasteiger partial charge in [0.1, 0.15) is 5.69 Å². The number of nitrogens with zero attached hydrogens (tertiary/aromatic N) is 4. The van der Waals surface area contributed by atoms with Crippen LogP contribution in [-0.2, 0) is 11.3 Å². The molecule has 2 aromatic heterocycles. The number of rotatable bonds is 5. The molecule has 0 amide bonds. The van der Waals surface area contributed by atoms with E-state index in [4.69, 9.17) is 14.6 Å². The summed E-state index contributed by atoms with van der Waals surface area (Å²) < 4.78 is 13.1. The number of benzene rings is 1. The molecule has 0 bridgehead atoms. The van der Waals surface area contributed by atoms with E-state index in [2.05, 4.69) is 22.1 Å². The molecule has 134 valence electrons. The fourth-order valence-corrected chi connectivity index (χ4v) is 3.28. The molecule has 1 aromatic carbocycles. The van der Waals surface area contributed by atoms with Crippen molar-refractivity contribution >= 4 is 0 Å². The van der Waals surface area contributed by atoms with Crippen molar-refractivity contribution in [3.05, 3.63) is 48.9 Å². The lowest BCUT2D eigenvalue weighted by molar-refractivity contribution is 0.00403. The SMILES string of the molecule is COc1nccnc1-c1cccc(-c2ccn(CC3CCCCO3)n2)c1. The molecular weight excluding hydrogens is 328 g/mol. The van der Waals surface area contributed by atoms with Gasteiger partial charge >= 0.3 is 0 Å². The zero-order valence-electron chi connectivity index (χ0n) is 14.8. The van der Waals surface area contributed by atoms with Crippen LogP contribution in [0.1, 0.15) is 19.3 Å². The highest BCUT2D eigenvalue weighted by atomic mass is 16.5. The third kappa shape index (κ3) is 3.60. The molecule has 6 heteroatoms. The third-order valence-electron chi connectivity index (χ3n) is 4.60. The van der Waals surface area contributed by atoms with Gasteiger partial charge in [-0.25, -0.2) is 9.97 Å². The predicted molar refractivity (Wildman–Crippen MR) is 98.8 cm³/mol. The molecule has 0 aliphatic carbocycles. The molecule has 1 aliphatic rings. The molecule has 3 heterocycles. The van der Waals surface area contributed by atoms with E-state index in [-0.39, 0.29) is 6.10 Å².